The number of hydrogen-bond donors (Lipinski definition) is 1. The molecule has 1 heterocycles. The highest BCUT2D eigenvalue weighted by Crippen LogP contribution is 2.32. The van der Waals surface area contributed by atoms with Gasteiger partial charge in [0, 0.05) is 21.4 Å². The van der Waals surface area contributed by atoms with Crippen molar-refractivity contribution in [2.45, 2.75) is 45.1 Å². The third kappa shape index (κ3) is 4.31. The lowest BCUT2D eigenvalue weighted by Gasteiger charge is -2.11. The lowest BCUT2D eigenvalue weighted by Crippen LogP contribution is -2.18. The van der Waals surface area contributed by atoms with Gasteiger partial charge in [-0.05, 0) is 44.7 Å². The molecule has 2 rings (SSSR count). The second-order valence-electron chi connectivity index (χ2n) is 5.10. The van der Waals surface area contributed by atoms with Gasteiger partial charge in [0.25, 0.3) is 0 Å². The molecule has 21 heavy (non-hydrogen) atoms. The molecule has 4 heteroatoms. The van der Waals surface area contributed by atoms with E-state index in [1.165, 1.54) is 15.3 Å². The highest BCUT2D eigenvalue weighted by Gasteiger charge is 2.14. The molecule has 1 N–H and O–H groups in total. The van der Waals surface area contributed by atoms with Gasteiger partial charge < -0.3 is 5.32 Å². The molecule has 0 aliphatic heterocycles. The van der Waals surface area contributed by atoms with Crippen LogP contribution in [-0.4, -0.2) is 17.3 Å². The van der Waals surface area contributed by atoms with Crippen LogP contribution in [0.4, 0.5) is 0 Å². The van der Waals surface area contributed by atoms with E-state index in [-0.39, 0.29) is 0 Å². The van der Waals surface area contributed by atoms with Crippen molar-refractivity contribution in [3.8, 4) is 10.6 Å². The first-order valence-corrected chi connectivity index (χ1v) is 9.39. The van der Waals surface area contributed by atoms with Crippen LogP contribution in [0.25, 0.3) is 10.6 Å². The Kier molecular flexibility index (Phi) is 6.27. The second-order valence-corrected chi connectivity index (χ2v) is 7.47. The van der Waals surface area contributed by atoms with E-state index in [4.69, 9.17) is 4.98 Å². The van der Waals surface area contributed by atoms with Crippen LogP contribution in [0.5, 0.6) is 0 Å². The van der Waals surface area contributed by atoms with Crippen molar-refractivity contribution in [3.05, 3.63) is 34.8 Å². The number of thioether (sulfide) groups is 1. The zero-order valence-electron chi connectivity index (χ0n) is 13.3. The Hall–Kier alpha value is -0.840. The van der Waals surface area contributed by atoms with Crippen molar-refractivity contribution in [1.29, 1.82) is 0 Å². The molecule has 0 bridgehead atoms. The summed E-state index contributed by atoms with van der Waals surface area (Å²) >= 11 is 3.68. The van der Waals surface area contributed by atoms with Crippen molar-refractivity contribution < 1.29 is 0 Å². The molecule has 1 unspecified atom stereocenters. The number of nitrogens with zero attached hydrogens (tertiary/aromatic N) is 1. The number of hydrogen-bond acceptors (Lipinski definition) is 4. The van der Waals surface area contributed by atoms with Crippen LogP contribution < -0.4 is 5.32 Å². The van der Waals surface area contributed by atoms with Crippen LogP contribution in [-0.2, 0) is 0 Å². The number of thiazole rings is 1. The SMILES string of the molecule is CCCNC(C)c1sc(-c2ccc(SCC)cc2)nc1C. The van der Waals surface area contributed by atoms with E-state index >= 15 is 0 Å². The molecule has 0 amide bonds. The van der Waals surface area contributed by atoms with Gasteiger partial charge in [0.05, 0.1) is 5.69 Å². The highest BCUT2D eigenvalue weighted by atomic mass is 32.2. The zero-order chi connectivity index (χ0) is 15.2. The van der Waals surface area contributed by atoms with Crippen molar-refractivity contribution in [3.63, 3.8) is 0 Å². The Morgan fingerprint density at radius 3 is 2.57 bits per heavy atom. The summed E-state index contributed by atoms with van der Waals surface area (Å²) in [6.07, 6.45) is 1.16. The maximum Gasteiger partial charge on any atom is 0.123 e. The van der Waals surface area contributed by atoms with Crippen LogP contribution in [0, 0.1) is 6.92 Å². The lowest BCUT2D eigenvalue weighted by atomic mass is 10.2. The molecule has 0 spiro atoms. The Labute approximate surface area is 136 Å². The fraction of sp³-hybridized carbons (Fsp3) is 0.471. The van der Waals surface area contributed by atoms with E-state index in [0.29, 0.717) is 6.04 Å². The van der Waals surface area contributed by atoms with E-state index < -0.39 is 0 Å². The zero-order valence-corrected chi connectivity index (χ0v) is 14.9. The summed E-state index contributed by atoms with van der Waals surface area (Å²) in [4.78, 5) is 7.44. The fourth-order valence-corrected chi connectivity index (χ4v) is 4.01. The van der Waals surface area contributed by atoms with Crippen LogP contribution in [0.3, 0.4) is 0 Å². The number of benzene rings is 1. The predicted molar refractivity (Wildman–Crippen MR) is 95.4 cm³/mol. The molecular formula is C17H24N2S2. The topological polar surface area (TPSA) is 24.9 Å². The van der Waals surface area contributed by atoms with Crippen LogP contribution in [0.2, 0.25) is 0 Å². The van der Waals surface area contributed by atoms with Crippen molar-refractivity contribution in [2.75, 3.05) is 12.3 Å². The average molecular weight is 321 g/mol. The van der Waals surface area contributed by atoms with Gasteiger partial charge in [0.2, 0.25) is 0 Å². The van der Waals surface area contributed by atoms with Gasteiger partial charge >= 0.3 is 0 Å². The number of rotatable bonds is 7. The molecule has 2 aromatic rings. The molecule has 1 atom stereocenters. The molecule has 0 saturated heterocycles. The van der Waals surface area contributed by atoms with Crippen molar-refractivity contribution >= 4 is 23.1 Å². The molecule has 114 valence electrons. The quantitative estimate of drug-likeness (QED) is 0.702. The first kappa shape index (κ1) is 16.5. The minimum absolute atomic E-state index is 0.381. The summed E-state index contributed by atoms with van der Waals surface area (Å²) in [5, 5.41) is 4.67. The molecule has 1 aromatic carbocycles. The summed E-state index contributed by atoms with van der Waals surface area (Å²) in [5.41, 5.74) is 2.37. The molecule has 0 aliphatic rings. The van der Waals surface area contributed by atoms with E-state index in [0.717, 1.165) is 29.4 Å². The minimum Gasteiger partial charge on any atom is -0.309 e. The number of aryl methyl sites for hydroxylation is 1. The summed E-state index contributed by atoms with van der Waals surface area (Å²) in [7, 11) is 0. The fourth-order valence-electron chi connectivity index (χ4n) is 2.25. The summed E-state index contributed by atoms with van der Waals surface area (Å²) in [6, 6.07) is 9.14. The first-order chi connectivity index (χ1) is 10.2. The van der Waals surface area contributed by atoms with Crippen LogP contribution in [0.1, 0.15) is 43.8 Å². The lowest BCUT2D eigenvalue weighted by molar-refractivity contribution is 0.575. The third-order valence-corrected chi connectivity index (χ3v) is 5.62. The normalized spacial score (nSPS) is 12.6. The van der Waals surface area contributed by atoms with E-state index in [1.807, 2.05) is 23.1 Å². The summed E-state index contributed by atoms with van der Waals surface area (Å²) in [6.45, 7) is 9.76. The third-order valence-electron chi connectivity index (χ3n) is 3.34. The van der Waals surface area contributed by atoms with Crippen molar-refractivity contribution in [2.24, 2.45) is 0 Å². The first-order valence-electron chi connectivity index (χ1n) is 7.59. The van der Waals surface area contributed by atoms with Gasteiger partial charge in [-0.2, -0.15) is 0 Å². The Morgan fingerprint density at radius 2 is 1.95 bits per heavy atom. The molecule has 0 saturated carbocycles. The molecule has 0 fully saturated rings. The minimum atomic E-state index is 0.381. The number of nitrogens with one attached hydrogen (secondary N) is 1. The Balaban J connectivity index is 2.17. The molecule has 0 radical (unpaired) electrons. The highest BCUT2D eigenvalue weighted by molar-refractivity contribution is 7.99. The average Bonchev–Trinajstić information content (AvgIpc) is 2.88. The molecular weight excluding hydrogens is 296 g/mol. The van der Waals surface area contributed by atoms with E-state index in [1.54, 1.807) is 0 Å². The smallest absolute Gasteiger partial charge is 0.123 e. The van der Waals surface area contributed by atoms with Crippen molar-refractivity contribution in [1.82, 2.24) is 10.3 Å². The molecule has 2 nitrogen and oxygen atoms in total. The predicted octanol–water partition coefficient (Wildman–Crippen LogP) is 5.29. The van der Waals surface area contributed by atoms with Gasteiger partial charge in [-0.25, -0.2) is 4.98 Å². The van der Waals surface area contributed by atoms with Gasteiger partial charge in [0.15, 0.2) is 0 Å². The van der Waals surface area contributed by atoms with E-state index in [2.05, 4.69) is 57.3 Å². The van der Waals surface area contributed by atoms with E-state index in [9.17, 15) is 0 Å². The number of aromatic nitrogens is 1. The monoisotopic (exact) mass is 320 g/mol. The van der Waals surface area contributed by atoms with Gasteiger partial charge in [-0.3, -0.25) is 0 Å². The largest absolute Gasteiger partial charge is 0.309 e. The second kappa shape index (κ2) is 7.97. The Morgan fingerprint density at radius 1 is 1.24 bits per heavy atom. The standard InChI is InChI=1S/C17H24N2S2/c1-5-11-18-12(3)16-13(4)19-17(21-16)14-7-9-15(10-8-14)20-6-2/h7-10,12,18H,5-6,11H2,1-4H3. The van der Waals surface area contributed by atoms with Crippen LogP contribution in [0.15, 0.2) is 29.2 Å². The van der Waals surface area contributed by atoms with Crippen LogP contribution >= 0.6 is 23.1 Å². The molecule has 1 aromatic heterocycles. The maximum atomic E-state index is 4.76. The maximum absolute atomic E-state index is 4.76. The van der Waals surface area contributed by atoms with Gasteiger partial charge in [-0.15, -0.1) is 23.1 Å². The molecule has 0 aliphatic carbocycles. The summed E-state index contributed by atoms with van der Waals surface area (Å²) in [5.74, 6) is 1.11. The van der Waals surface area contributed by atoms with Gasteiger partial charge in [-0.1, -0.05) is 26.0 Å². The summed E-state index contributed by atoms with van der Waals surface area (Å²) < 4.78 is 0. The van der Waals surface area contributed by atoms with Gasteiger partial charge in [0.1, 0.15) is 5.01 Å². The Bertz CT molecular complexity index is 561.